The number of phenolic OH excluding ortho intramolecular Hbond substituents is 1. The molecule has 2 aliphatic carbocycles. The maximum Gasteiger partial charge on any atom is 0.165 e. The number of ether oxygens (including phenoxy) is 2. The number of nitrogens with one attached hydrogen (secondary N) is 1. The van der Waals surface area contributed by atoms with Gasteiger partial charge in [-0.3, -0.25) is 0 Å². The lowest BCUT2D eigenvalue weighted by molar-refractivity contribution is -0.937. The van der Waals surface area contributed by atoms with E-state index in [-0.39, 0.29) is 28.9 Å². The molecule has 0 aromatic heterocycles. The Balaban J connectivity index is 0.000000214. The summed E-state index contributed by atoms with van der Waals surface area (Å²) in [4.78, 5) is 1.45. The van der Waals surface area contributed by atoms with Gasteiger partial charge in [0.1, 0.15) is 17.7 Å². The first-order chi connectivity index (χ1) is 15.8. The average Bonchev–Trinajstić information content (AvgIpc) is 3.05. The van der Waals surface area contributed by atoms with Gasteiger partial charge in [0.25, 0.3) is 0 Å². The van der Waals surface area contributed by atoms with Gasteiger partial charge in [0.2, 0.25) is 0 Å². The summed E-state index contributed by atoms with van der Waals surface area (Å²) >= 11 is 0. The van der Waals surface area contributed by atoms with E-state index in [0.29, 0.717) is 18.8 Å². The van der Waals surface area contributed by atoms with Crippen molar-refractivity contribution in [3.05, 3.63) is 35.9 Å². The number of piperidine rings is 1. The van der Waals surface area contributed by atoms with Crippen LogP contribution in [0.3, 0.4) is 0 Å². The zero-order valence-corrected chi connectivity index (χ0v) is 21.6. The fourth-order valence-corrected chi connectivity index (χ4v) is 6.80. The lowest BCUT2D eigenvalue weighted by Crippen LogP contribution is -3.21. The highest BCUT2D eigenvalue weighted by atomic mass is 16.5. The standard InChI is InChI=1S/C19H23NO3.C9H20O2/c1-2-9-20-10-8-18-15-4-3-7-19(18,22)14(20)11-12-5-6-13(21)17(23-15)16(12)18;1-8(2,3)11-7-6-9(4,5)10/h2,5-6,14-15,21-22H,1,3-4,7-11H2;10H,6-7H2,1-5H3/p+1/t14?,15-,18?,19?;/m0./s1. The highest BCUT2D eigenvalue weighted by molar-refractivity contribution is 5.61. The van der Waals surface area contributed by atoms with Crippen molar-refractivity contribution >= 4 is 0 Å². The predicted molar refractivity (Wildman–Crippen MR) is 133 cm³/mol. The minimum absolute atomic E-state index is 0.0105. The quantitative estimate of drug-likeness (QED) is 0.493. The molecular weight excluding hydrogens is 430 g/mol. The van der Waals surface area contributed by atoms with E-state index in [1.165, 1.54) is 10.5 Å². The van der Waals surface area contributed by atoms with Crippen LogP contribution in [-0.2, 0) is 16.6 Å². The van der Waals surface area contributed by atoms with E-state index in [2.05, 4.69) is 6.58 Å². The van der Waals surface area contributed by atoms with E-state index < -0.39 is 11.2 Å². The maximum absolute atomic E-state index is 11.9. The molecule has 4 aliphatic rings. The van der Waals surface area contributed by atoms with Crippen LogP contribution in [0, 0.1) is 0 Å². The summed E-state index contributed by atoms with van der Waals surface area (Å²) in [7, 11) is 0. The van der Waals surface area contributed by atoms with Crippen molar-refractivity contribution in [3.8, 4) is 11.5 Å². The van der Waals surface area contributed by atoms with Gasteiger partial charge in [-0.1, -0.05) is 12.6 Å². The van der Waals surface area contributed by atoms with Crippen LogP contribution < -0.4 is 9.64 Å². The zero-order chi connectivity index (χ0) is 24.9. The number of hydrogen-bond donors (Lipinski definition) is 4. The Morgan fingerprint density at radius 3 is 2.62 bits per heavy atom. The molecular formula is C28H44NO5+. The SMILES string of the molecule is C=CC[NH+]1CCC23c4c5ccc(O)c4O[C@H]2CCCC3(O)C1C5.CC(C)(O)CCOC(C)(C)C. The molecule has 190 valence electrons. The first-order valence-corrected chi connectivity index (χ1v) is 12.9. The van der Waals surface area contributed by atoms with Crippen LogP contribution in [0.5, 0.6) is 11.5 Å². The second kappa shape index (κ2) is 8.81. The van der Waals surface area contributed by atoms with Crippen molar-refractivity contribution in [3.63, 3.8) is 0 Å². The summed E-state index contributed by atoms with van der Waals surface area (Å²) in [5, 5.41) is 31.5. The minimum atomic E-state index is -0.724. The van der Waals surface area contributed by atoms with Crippen LogP contribution in [0.15, 0.2) is 24.8 Å². The Kier molecular flexibility index (Phi) is 6.60. The lowest BCUT2D eigenvalue weighted by atomic mass is 9.49. The largest absolute Gasteiger partial charge is 0.504 e. The average molecular weight is 475 g/mol. The molecule has 1 saturated carbocycles. The van der Waals surface area contributed by atoms with Gasteiger partial charge in [-0.15, -0.1) is 0 Å². The summed E-state index contributed by atoms with van der Waals surface area (Å²) in [6.07, 6.45) is 7.26. The van der Waals surface area contributed by atoms with Crippen molar-refractivity contribution in [1.29, 1.82) is 0 Å². The van der Waals surface area contributed by atoms with E-state index in [1.54, 1.807) is 19.9 Å². The summed E-state index contributed by atoms with van der Waals surface area (Å²) in [5.41, 5.74) is 0.647. The number of phenols is 1. The number of aromatic hydroxyl groups is 1. The molecule has 2 heterocycles. The van der Waals surface area contributed by atoms with Crippen molar-refractivity contribution in [2.45, 2.75) is 108 Å². The third kappa shape index (κ3) is 4.27. The fourth-order valence-electron chi connectivity index (χ4n) is 6.80. The monoisotopic (exact) mass is 474 g/mol. The Morgan fingerprint density at radius 2 is 1.97 bits per heavy atom. The van der Waals surface area contributed by atoms with Gasteiger partial charge in [-0.05, 0) is 78.0 Å². The van der Waals surface area contributed by atoms with Crippen LogP contribution in [0.2, 0.25) is 0 Å². The zero-order valence-electron chi connectivity index (χ0n) is 21.6. The number of benzene rings is 1. The smallest absolute Gasteiger partial charge is 0.165 e. The molecule has 6 heteroatoms. The summed E-state index contributed by atoms with van der Waals surface area (Å²) in [6.45, 7) is 16.1. The first kappa shape index (κ1) is 25.5. The van der Waals surface area contributed by atoms with Crippen LogP contribution in [0.1, 0.15) is 77.8 Å². The van der Waals surface area contributed by atoms with Gasteiger partial charge in [0.05, 0.1) is 29.7 Å². The molecule has 0 radical (unpaired) electrons. The summed E-state index contributed by atoms with van der Waals surface area (Å²) in [6, 6.07) is 4.00. The minimum Gasteiger partial charge on any atom is -0.504 e. The van der Waals surface area contributed by atoms with Crippen molar-refractivity contribution < 1.29 is 29.7 Å². The molecule has 2 fully saturated rings. The molecule has 6 nitrogen and oxygen atoms in total. The number of quaternary nitrogens is 1. The van der Waals surface area contributed by atoms with Crippen molar-refractivity contribution in [2.75, 3.05) is 19.7 Å². The van der Waals surface area contributed by atoms with Crippen LogP contribution >= 0.6 is 0 Å². The first-order valence-electron chi connectivity index (χ1n) is 12.9. The molecule has 1 saturated heterocycles. The third-order valence-corrected chi connectivity index (χ3v) is 8.27. The van der Waals surface area contributed by atoms with E-state index in [1.807, 2.05) is 32.9 Å². The molecule has 4 N–H and O–H groups in total. The van der Waals surface area contributed by atoms with Crippen LogP contribution in [0.25, 0.3) is 0 Å². The van der Waals surface area contributed by atoms with Crippen molar-refractivity contribution in [1.82, 2.24) is 0 Å². The van der Waals surface area contributed by atoms with Gasteiger partial charge in [0.15, 0.2) is 11.5 Å². The van der Waals surface area contributed by atoms with Crippen molar-refractivity contribution in [2.24, 2.45) is 0 Å². The third-order valence-electron chi connectivity index (χ3n) is 8.27. The Morgan fingerprint density at radius 1 is 1.24 bits per heavy atom. The molecule has 2 bridgehead atoms. The van der Waals surface area contributed by atoms with E-state index in [9.17, 15) is 15.3 Å². The molecule has 4 unspecified atom stereocenters. The molecule has 1 aromatic rings. The second-order valence-corrected chi connectivity index (χ2v) is 12.3. The van der Waals surface area contributed by atoms with E-state index in [4.69, 9.17) is 9.47 Å². The molecule has 1 aromatic carbocycles. The predicted octanol–water partition coefficient (Wildman–Crippen LogP) is 2.67. The summed E-state index contributed by atoms with van der Waals surface area (Å²) in [5.74, 6) is 0.882. The summed E-state index contributed by atoms with van der Waals surface area (Å²) < 4.78 is 11.7. The van der Waals surface area contributed by atoms with Crippen LogP contribution in [0.4, 0.5) is 0 Å². The molecule has 2 aliphatic heterocycles. The normalized spacial score (nSPS) is 33.3. The Labute approximate surface area is 204 Å². The molecule has 34 heavy (non-hydrogen) atoms. The second-order valence-electron chi connectivity index (χ2n) is 12.3. The number of rotatable bonds is 5. The van der Waals surface area contributed by atoms with Crippen LogP contribution in [-0.4, -0.2) is 64.0 Å². The van der Waals surface area contributed by atoms with Gasteiger partial charge < -0.3 is 29.7 Å². The molecule has 5 atom stereocenters. The molecule has 1 spiro atoms. The maximum atomic E-state index is 11.9. The van der Waals surface area contributed by atoms with Gasteiger partial charge >= 0.3 is 0 Å². The van der Waals surface area contributed by atoms with Gasteiger partial charge in [-0.2, -0.15) is 0 Å². The van der Waals surface area contributed by atoms with E-state index >= 15 is 0 Å². The van der Waals surface area contributed by atoms with Gasteiger partial charge in [0, 0.05) is 25.0 Å². The number of likely N-dealkylation sites (tertiary alicyclic amines) is 1. The molecule has 5 rings (SSSR count). The van der Waals surface area contributed by atoms with E-state index in [0.717, 1.165) is 50.8 Å². The molecule has 0 amide bonds. The van der Waals surface area contributed by atoms with Gasteiger partial charge in [-0.25, -0.2) is 0 Å². The number of aliphatic hydroxyl groups is 2. The lowest BCUT2D eigenvalue weighted by Gasteiger charge is -2.60. The number of hydrogen-bond acceptors (Lipinski definition) is 5. The Hall–Kier alpha value is -1.60. The fraction of sp³-hybridized carbons (Fsp3) is 0.714. The Bertz CT molecular complexity index is 903. The highest BCUT2D eigenvalue weighted by Crippen LogP contribution is 2.63. The topological polar surface area (TPSA) is 83.6 Å². The highest BCUT2D eigenvalue weighted by Gasteiger charge is 2.72.